The Morgan fingerprint density at radius 1 is 1.31 bits per heavy atom. The maximum absolute atomic E-state index is 10.7. The molecular formula is C9H21N3O. The minimum atomic E-state index is -0.0995. The molecule has 0 fully saturated rings. The Morgan fingerprint density at radius 3 is 2.38 bits per heavy atom. The number of nitrogens with two attached hydrogens (primary N) is 1. The van der Waals surface area contributed by atoms with Gasteiger partial charge in [0.15, 0.2) is 0 Å². The van der Waals surface area contributed by atoms with Crippen LogP contribution in [0.25, 0.3) is 0 Å². The van der Waals surface area contributed by atoms with Gasteiger partial charge in [0.05, 0.1) is 6.54 Å². The SMILES string of the molecule is CC(C)(C)CNCCNC(=O)CN. The largest absolute Gasteiger partial charge is 0.354 e. The second-order valence-corrected chi connectivity index (χ2v) is 4.29. The van der Waals surface area contributed by atoms with Crippen molar-refractivity contribution < 1.29 is 4.79 Å². The highest BCUT2D eigenvalue weighted by molar-refractivity contribution is 5.77. The van der Waals surface area contributed by atoms with E-state index in [0.717, 1.165) is 13.1 Å². The molecule has 0 saturated heterocycles. The van der Waals surface area contributed by atoms with Gasteiger partial charge in [-0.2, -0.15) is 0 Å². The van der Waals surface area contributed by atoms with Gasteiger partial charge in [-0.1, -0.05) is 20.8 Å². The molecule has 0 aliphatic carbocycles. The van der Waals surface area contributed by atoms with Crippen LogP contribution >= 0.6 is 0 Å². The van der Waals surface area contributed by atoms with Crippen molar-refractivity contribution in [2.45, 2.75) is 20.8 Å². The lowest BCUT2D eigenvalue weighted by molar-refractivity contribution is -0.119. The molecule has 13 heavy (non-hydrogen) atoms. The monoisotopic (exact) mass is 187 g/mol. The molecular weight excluding hydrogens is 166 g/mol. The van der Waals surface area contributed by atoms with Crippen LogP contribution in [0.2, 0.25) is 0 Å². The fourth-order valence-electron chi connectivity index (χ4n) is 0.826. The first-order chi connectivity index (χ1) is 5.95. The Morgan fingerprint density at radius 2 is 1.92 bits per heavy atom. The van der Waals surface area contributed by atoms with Gasteiger partial charge < -0.3 is 16.4 Å². The van der Waals surface area contributed by atoms with Crippen LogP contribution in [0, 0.1) is 5.41 Å². The summed E-state index contributed by atoms with van der Waals surface area (Å²) < 4.78 is 0. The third-order valence-corrected chi connectivity index (χ3v) is 1.46. The molecule has 4 N–H and O–H groups in total. The third-order valence-electron chi connectivity index (χ3n) is 1.46. The lowest BCUT2D eigenvalue weighted by atomic mass is 9.97. The van der Waals surface area contributed by atoms with E-state index in [1.165, 1.54) is 0 Å². The molecule has 0 radical (unpaired) electrons. The van der Waals surface area contributed by atoms with E-state index in [0.29, 0.717) is 6.54 Å². The molecule has 0 aromatic carbocycles. The summed E-state index contributed by atoms with van der Waals surface area (Å²) in [6.45, 7) is 8.95. The Kier molecular flexibility index (Phi) is 5.66. The average molecular weight is 187 g/mol. The van der Waals surface area contributed by atoms with Gasteiger partial charge in [0.2, 0.25) is 5.91 Å². The maximum atomic E-state index is 10.7. The van der Waals surface area contributed by atoms with Crippen LogP contribution in [0.1, 0.15) is 20.8 Å². The normalized spacial score (nSPS) is 11.4. The van der Waals surface area contributed by atoms with E-state index in [4.69, 9.17) is 5.73 Å². The second kappa shape index (κ2) is 5.94. The molecule has 1 amide bonds. The molecule has 0 aliphatic heterocycles. The standard InChI is InChI=1S/C9H21N3O/c1-9(2,3)7-11-4-5-12-8(13)6-10/h11H,4-7,10H2,1-3H3,(H,12,13). The van der Waals surface area contributed by atoms with Crippen molar-refractivity contribution in [3.8, 4) is 0 Å². The summed E-state index contributed by atoms with van der Waals surface area (Å²) in [7, 11) is 0. The molecule has 0 spiro atoms. The van der Waals surface area contributed by atoms with Crippen molar-refractivity contribution in [2.75, 3.05) is 26.2 Å². The summed E-state index contributed by atoms with van der Waals surface area (Å²) >= 11 is 0. The zero-order chi connectivity index (χ0) is 10.3. The van der Waals surface area contributed by atoms with E-state index in [-0.39, 0.29) is 17.9 Å². The van der Waals surface area contributed by atoms with E-state index < -0.39 is 0 Å². The average Bonchev–Trinajstić information content (AvgIpc) is 2.01. The van der Waals surface area contributed by atoms with E-state index in [2.05, 4.69) is 31.4 Å². The number of amides is 1. The molecule has 4 heteroatoms. The minimum absolute atomic E-state index is 0.0687. The van der Waals surface area contributed by atoms with E-state index in [9.17, 15) is 4.79 Å². The first-order valence-electron chi connectivity index (χ1n) is 4.63. The topological polar surface area (TPSA) is 67.1 Å². The Labute approximate surface area is 80.3 Å². The summed E-state index contributed by atoms with van der Waals surface area (Å²) in [6, 6.07) is 0. The van der Waals surface area contributed by atoms with Crippen molar-refractivity contribution in [2.24, 2.45) is 11.1 Å². The van der Waals surface area contributed by atoms with Crippen LogP contribution in [-0.4, -0.2) is 32.1 Å². The molecule has 0 rings (SSSR count). The van der Waals surface area contributed by atoms with Crippen molar-refractivity contribution in [1.82, 2.24) is 10.6 Å². The van der Waals surface area contributed by atoms with Gasteiger partial charge in [0, 0.05) is 19.6 Å². The molecule has 0 unspecified atom stereocenters. The molecule has 0 aromatic rings. The van der Waals surface area contributed by atoms with Gasteiger partial charge in [-0.3, -0.25) is 4.79 Å². The summed E-state index contributed by atoms with van der Waals surface area (Å²) in [5.41, 5.74) is 5.41. The van der Waals surface area contributed by atoms with Gasteiger partial charge in [-0.15, -0.1) is 0 Å². The van der Waals surface area contributed by atoms with Gasteiger partial charge in [-0.05, 0) is 5.41 Å². The fourth-order valence-corrected chi connectivity index (χ4v) is 0.826. The molecule has 0 atom stereocenters. The Hall–Kier alpha value is -0.610. The summed E-state index contributed by atoms with van der Waals surface area (Å²) in [5.74, 6) is -0.0995. The second-order valence-electron chi connectivity index (χ2n) is 4.29. The van der Waals surface area contributed by atoms with Crippen molar-refractivity contribution in [3.05, 3.63) is 0 Å². The van der Waals surface area contributed by atoms with Crippen molar-refractivity contribution in [1.29, 1.82) is 0 Å². The number of hydrogen-bond acceptors (Lipinski definition) is 3. The van der Waals surface area contributed by atoms with Crippen molar-refractivity contribution >= 4 is 5.91 Å². The summed E-state index contributed by atoms with van der Waals surface area (Å²) in [6.07, 6.45) is 0. The van der Waals surface area contributed by atoms with E-state index >= 15 is 0 Å². The van der Waals surface area contributed by atoms with Gasteiger partial charge in [-0.25, -0.2) is 0 Å². The molecule has 0 aliphatic rings. The lowest BCUT2D eigenvalue weighted by Gasteiger charge is -2.18. The number of carbonyl (C=O) groups is 1. The number of carbonyl (C=O) groups excluding carboxylic acids is 1. The number of nitrogens with one attached hydrogen (secondary N) is 2. The Bertz CT molecular complexity index is 151. The molecule has 78 valence electrons. The van der Waals surface area contributed by atoms with Crippen LogP contribution in [0.5, 0.6) is 0 Å². The van der Waals surface area contributed by atoms with Crippen molar-refractivity contribution in [3.63, 3.8) is 0 Å². The van der Waals surface area contributed by atoms with Gasteiger partial charge in [0.1, 0.15) is 0 Å². The van der Waals surface area contributed by atoms with Crippen LogP contribution in [-0.2, 0) is 4.79 Å². The summed E-state index contributed by atoms with van der Waals surface area (Å²) in [4.78, 5) is 10.7. The predicted molar refractivity (Wildman–Crippen MR) is 54.4 cm³/mol. The van der Waals surface area contributed by atoms with Gasteiger partial charge >= 0.3 is 0 Å². The molecule has 0 bridgehead atoms. The first-order valence-corrected chi connectivity index (χ1v) is 4.63. The highest BCUT2D eigenvalue weighted by Crippen LogP contribution is 2.09. The van der Waals surface area contributed by atoms with Crippen LogP contribution in [0.4, 0.5) is 0 Å². The maximum Gasteiger partial charge on any atom is 0.233 e. The first kappa shape index (κ1) is 12.4. The zero-order valence-electron chi connectivity index (χ0n) is 8.81. The quantitative estimate of drug-likeness (QED) is 0.518. The molecule has 4 nitrogen and oxygen atoms in total. The molecule has 0 saturated carbocycles. The smallest absolute Gasteiger partial charge is 0.233 e. The highest BCUT2D eigenvalue weighted by Gasteiger charge is 2.08. The molecule has 0 heterocycles. The minimum Gasteiger partial charge on any atom is -0.354 e. The van der Waals surface area contributed by atoms with E-state index in [1.54, 1.807) is 0 Å². The summed E-state index contributed by atoms with van der Waals surface area (Å²) in [5, 5.41) is 5.94. The highest BCUT2D eigenvalue weighted by atomic mass is 16.1. The Balaban J connectivity index is 3.22. The third kappa shape index (κ3) is 9.30. The fraction of sp³-hybridized carbons (Fsp3) is 0.889. The number of rotatable bonds is 5. The number of hydrogen-bond donors (Lipinski definition) is 3. The van der Waals surface area contributed by atoms with E-state index in [1.807, 2.05) is 0 Å². The van der Waals surface area contributed by atoms with Crippen LogP contribution < -0.4 is 16.4 Å². The lowest BCUT2D eigenvalue weighted by Crippen LogP contribution is -2.37. The van der Waals surface area contributed by atoms with Gasteiger partial charge in [0.25, 0.3) is 0 Å². The zero-order valence-corrected chi connectivity index (χ0v) is 8.81. The molecule has 0 aromatic heterocycles. The predicted octanol–water partition coefficient (Wildman–Crippen LogP) is -0.303. The van der Waals surface area contributed by atoms with Crippen LogP contribution in [0.3, 0.4) is 0 Å². The van der Waals surface area contributed by atoms with Crippen LogP contribution in [0.15, 0.2) is 0 Å².